The molecule has 0 aliphatic heterocycles. The molecule has 4 heteroatoms. The number of aliphatic hydroxyl groups excluding tert-OH is 1. The van der Waals surface area contributed by atoms with E-state index in [0.29, 0.717) is 11.4 Å². The first-order chi connectivity index (χ1) is 7.77. The highest BCUT2D eigenvalue weighted by molar-refractivity contribution is 5.42. The molecule has 16 heavy (non-hydrogen) atoms. The van der Waals surface area contributed by atoms with E-state index in [9.17, 15) is 0 Å². The van der Waals surface area contributed by atoms with Crippen LogP contribution in [0.2, 0.25) is 0 Å². The van der Waals surface area contributed by atoms with Gasteiger partial charge in [-0.2, -0.15) is 0 Å². The van der Waals surface area contributed by atoms with Crippen molar-refractivity contribution in [2.24, 2.45) is 5.73 Å². The molecule has 1 atom stereocenters. The van der Waals surface area contributed by atoms with Gasteiger partial charge in [0, 0.05) is 6.20 Å². The normalized spacial score (nSPS) is 11.4. The molecule has 0 saturated heterocycles. The van der Waals surface area contributed by atoms with Crippen molar-refractivity contribution in [3.05, 3.63) is 23.9 Å². The van der Waals surface area contributed by atoms with Gasteiger partial charge in [-0.25, -0.2) is 4.98 Å². The zero-order chi connectivity index (χ0) is 11.8. The Morgan fingerprint density at radius 2 is 2.44 bits per heavy atom. The number of aromatic nitrogens is 1. The Kier molecular flexibility index (Phi) is 5.34. The largest absolute Gasteiger partial charge is 0.474 e. The summed E-state index contributed by atoms with van der Waals surface area (Å²) in [5.74, 6) is 6.28. The van der Waals surface area contributed by atoms with Gasteiger partial charge in [-0.05, 0) is 18.6 Å². The fourth-order valence-electron chi connectivity index (χ4n) is 1.02. The van der Waals surface area contributed by atoms with Gasteiger partial charge in [0.2, 0.25) is 5.88 Å². The number of rotatable bonds is 4. The molecule has 0 radical (unpaired) electrons. The zero-order valence-corrected chi connectivity index (χ0v) is 9.31. The minimum atomic E-state index is -0.133. The molecule has 0 fully saturated rings. The van der Waals surface area contributed by atoms with Crippen LogP contribution in [0.5, 0.6) is 5.88 Å². The minimum Gasteiger partial charge on any atom is -0.474 e. The second-order valence-corrected chi connectivity index (χ2v) is 3.21. The molecule has 4 nitrogen and oxygen atoms in total. The summed E-state index contributed by atoms with van der Waals surface area (Å²) in [7, 11) is 0. The van der Waals surface area contributed by atoms with Crippen molar-refractivity contribution in [1.82, 2.24) is 4.98 Å². The number of nitrogens with two attached hydrogens (primary N) is 1. The summed E-state index contributed by atoms with van der Waals surface area (Å²) in [4.78, 5) is 4.04. The van der Waals surface area contributed by atoms with Crippen molar-refractivity contribution in [2.45, 2.75) is 19.4 Å². The number of hydrogen-bond acceptors (Lipinski definition) is 4. The Labute approximate surface area is 95.5 Å². The lowest BCUT2D eigenvalue weighted by atomic mass is 10.2. The van der Waals surface area contributed by atoms with Gasteiger partial charge in [0.25, 0.3) is 0 Å². The van der Waals surface area contributed by atoms with Crippen LogP contribution in [0, 0.1) is 11.8 Å². The Morgan fingerprint density at radius 1 is 1.62 bits per heavy atom. The van der Waals surface area contributed by atoms with Gasteiger partial charge < -0.3 is 15.6 Å². The molecule has 86 valence electrons. The molecule has 1 rings (SSSR count). The van der Waals surface area contributed by atoms with Crippen LogP contribution in [0.1, 0.15) is 18.9 Å². The van der Waals surface area contributed by atoms with Gasteiger partial charge in [0.05, 0.1) is 18.2 Å². The van der Waals surface area contributed by atoms with Crippen LogP contribution in [0.4, 0.5) is 0 Å². The highest BCUT2D eigenvalue weighted by Gasteiger charge is 2.01. The van der Waals surface area contributed by atoms with E-state index >= 15 is 0 Å². The van der Waals surface area contributed by atoms with E-state index in [2.05, 4.69) is 16.8 Å². The lowest BCUT2D eigenvalue weighted by Gasteiger charge is -2.04. The number of pyridine rings is 1. The second kappa shape index (κ2) is 6.83. The molecular weight excluding hydrogens is 204 g/mol. The van der Waals surface area contributed by atoms with Gasteiger partial charge in [0.15, 0.2) is 0 Å². The molecule has 0 aliphatic carbocycles. The van der Waals surface area contributed by atoms with Crippen LogP contribution in [-0.2, 0) is 0 Å². The maximum Gasteiger partial charge on any atom is 0.229 e. The fraction of sp³-hybridized carbons (Fsp3) is 0.417. The minimum absolute atomic E-state index is 0.0437. The topological polar surface area (TPSA) is 68.4 Å². The quantitative estimate of drug-likeness (QED) is 0.727. The zero-order valence-electron chi connectivity index (χ0n) is 9.31. The predicted octanol–water partition coefficient (Wildman–Crippen LogP) is 0.542. The van der Waals surface area contributed by atoms with Crippen molar-refractivity contribution >= 4 is 0 Å². The smallest absolute Gasteiger partial charge is 0.229 e. The molecule has 1 aromatic rings. The van der Waals surface area contributed by atoms with Gasteiger partial charge in [0.1, 0.15) is 6.61 Å². The molecule has 0 spiro atoms. The molecule has 0 amide bonds. The Balaban J connectivity index is 2.80. The maximum atomic E-state index is 8.67. The summed E-state index contributed by atoms with van der Waals surface area (Å²) in [6.45, 7) is 2.15. The Hall–Kier alpha value is -1.57. The number of hydrogen-bond donors (Lipinski definition) is 2. The molecule has 0 saturated carbocycles. The molecule has 0 unspecified atom stereocenters. The van der Waals surface area contributed by atoms with Crippen LogP contribution in [0.15, 0.2) is 18.3 Å². The van der Waals surface area contributed by atoms with Crippen LogP contribution in [0.25, 0.3) is 0 Å². The SMILES string of the molecule is CC[C@@H](N)C#Cc1cccnc1OCCO. The lowest BCUT2D eigenvalue weighted by Crippen LogP contribution is -2.15. The predicted molar refractivity (Wildman–Crippen MR) is 62.0 cm³/mol. The summed E-state index contributed by atoms with van der Waals surface area (Å²) in [5.41, 5.74) is 6.39. The summed E-state index contributed by atoms with van der Waals surface area (Å²) in [6, 6.07) is 3.47. The third-order valence-corrected chi connectivity index (χ3v) is 1.93. The van der Waals surface area contributed by atoms with E-state index < -0.39 is 0 Å². The summed E-state index contributed by atoms with van der Waals surface area (Å²) in [6.07, 6.45) is 2.43. The highest BCUT2D eigenvalue weighted by Crippen LogP contribution is 2.12. The van der Waals surface area contributed by atoms with Gasteiger partial charge >= 0.3 is 0 Å². The molecule has 0 bridgehead atoms. The van der Waals surface area contributed by atoms with Gasteiger partial charge in [-0.1, -0.05) is 18.8 Å². The van der Waals surface area contributed by atoms with Crippen molar-refractivity contribution in [3.8, 4) is 17.7 Å². The van der Waals surface area contributed by atoms with Gasteiger partial charge in [-0.3, -0.25) is 0 Å². The molecule has 3 N–H and O–H groups in total. The molecule has 0 aliphatic rings. The van der Waals surface area contributed by atoms with Gasteiger partial charge in [-0.15, -0.1) is 0 Å². The Bertz CT molecular complexity index is 382. The van der Waals surface area contributed by atoms with Crippen LogP contribution in [0.3, 0.4) is 0 Å². The average molecular weight is 220 g/mol. The van der Waals surface area contributed by atoms with Crippen LogP contribution >= 0.6 is 0 Å². The summed E-state index contributed by atoms with van der Waals surface area (Å²) in [5, 5.41) is 8.67. The second-order valence-electron chi connectivity index (χ2n) is 3.21. The number of nitrogens with zero attached hydrogens (tertiary/aromatic N) is 1. The number of aliphatic hydroxyl groups is 1. The van der Waals surface area contributed by atoms with Crippen molar-refractivity contribution in [2.75, 3.05) is 13.2 Å². The number of ether oxygens (including phenoxy) is 1. The third kappa shape index (κ3) is 3.89. The lowest BCUT2D eigenvalue weighted by molar-refractivity contribution is 0.196. The van der Waals surface area contributed by atoms with E-state index in [4.69, 9.17) is 15.6 Å². The van der Waals surface area contributed by atoms with Crippen LogP contribution in [-0.4, -0.2) is 29.3 Å². The monoisotopic (exact) mass is 220 g/mol. The third-order valence-electron chi connectivity index (χ3n) is 1.93. The molecule has 1 heterocycles. The van der Waals surface area contributed by atoms with E-state index in [1.54, 1.807) is 12.3 Å². The van der Waals surface area contributed by atoms with E-state index in [1.807, 2.05) is 13.0 Å². The first-order valence-electron chi connectivity index (χ1n) is 5.23. The first-order valence-corrected chi connectivity index (χ1v) is 5.23. The Morgan fingerprint density at radius 3 is 3.12 bits per heavy atom. The standard InChI is InChI=1S/C12H16N2O2/c1-2-11(13)6-5-10-4-3-7-14-12(10)16-9-8-15/h3-4,7,11,15H,2,8-9,13H2,1H3/t11-/m1/s1. The highest BCUT2D eigenvalue weighted by atomic mass is 16.5. The first kappa shape index (κ1) is 12.5. The molecular formula is C12H16N2O2. The van der Waals surface area contributed by atoms with Crippen molar-refractivity contribution in [3.63, 3.8) is 0 Å². The van der Waals surface area contributed by atoms with Crippen molar-refractivity contribution in [1.29, 1.82) is 0 Å². The summed E-state index contributed by atoms with van der Waals surface area (Å²) >= 11 is 0. The molecule has 1 aromatic heterocycles. The maximum absolute atomic E-state index is 8.67. The van der Waals surface area contributed by atoms with Crippen molar-refractivity contribution < 1.29 is 9.84 Å². The van der Waals surface area contributed by atoms with E-state index in [0.717, 1.165) is 6.42 Å². The molecule has 0 aromatic carbocycles. The average Bonchev–Trinajstić information content (AvgIpc) is 2.34. The van der Waals surface area contributed by atoms with E-state index in [1.165, 1.54) is 0 Å². The van der Waals surface area contributed by atoms with Crippen LogP contribution < -0.4 is 10.5 Å². The summed E-state index contributed by atoms with van der Waals surface area (Å²) < 4.78 is 5.25. The fourth-order valence-corrected chi connectivity index (χ4v) is 1.02. The van der Waals surface area contributed by atoms with E-state index in [-0.39, 0.29) is 19.3 Å².